The normalized spacial score (nSPS) is 7.93. The second-order valence-corrected chi connectivity index (χ2v) is 2.38. The topological polar surface area (TPSA) is 101 Å². The second-order valence-electron chi connectivity index (χ2n) is 1.98. The molecule has 0 atom stereocenters. The fraction of sp³-hybridized carbons (Fsp3) is 0.143. The second kappa shape index (κ2) is 10.0. The Labute approximate surface area is 112 Å². The van der Waals surface area contributed by atoms with Gasteiger partial charge in [-0.3, -0.25) is 4.21 Å². The van der Waals surface area contributed by atoms with Gasteiger partial charge >= 0.3 is 35.2 Å². The summed E-state index contributed by atoms with van der Waals surface area (Å²) in [5.74, 6) is 0.574. The molecule has 6 nitrogen and oxygen atoms in total. The zero-order valence-electron chi connectivity index (χ0n) is 8.25. The molecule has 15 heavy (non-hydrogen) atoms. The largest absolute Gasteiger partial charge is 1.00 e. The van der Waals surface area contributed by atoms with E-state index in [2.05, 4.69) is 4.98 Å². The summed E-state index contributed by atoms with van der Waals surface area (Å²) in [5, 5.41) is 8.39. The average molecular weight is 238 g/mol. The van der Waals surface area contributed by atoms with Crippen LogP contribution in [0.25, 0.3) is 4.98 Å². The van der Waals surface area contributed by atoms with E-state index >= 15 is 0 Å². The van der Waals surface area contributed by atoms with Crippen LogP contribution in [-0.4, -0.2) is 20.4 Å². The predicted molar refractivity (Wildman–Crippen MR) is 47.4 cm³/mol. The van der Waals surface area contributed by atoms with Crippen molar-refractivity contribution in [2.75, 3.05) is 7.11 Å². The van der Waals surface area contributed by atoms with E-state index in [-0.39, 0.29) is 29.6 Å². The van der Waals surface area contributed by atoms with Crippen molar-refractivity contribution in [1.82, 2.24) is 0 Å². The molecule has 0 unspecified atom stereocenters. The van der Waals surface area contributed by atoms with Crippen molar-refractivity contribution in [1.29, 1.82) is 5.39 Å². The molecule has 1 aromatic carbocycles. The maximum atomic E-state index is 8.44. The standard InChI is InChI=1S/C7H7N2O.Na.H2O3S/c1-10-7-5-3-2-4-6(7)9-8;;1-4(2)3/h2-5H,1H3;;(H2,1,2,3)/q2*+1;/p-2. The van der Waals surface area contributed by atoms with Crippen LogP contribution in [0.2, 0.25) is 0 Å². The molecule has 8 heteroatoms. The fourth-order valence-electron chi connectivity index (χ4n) is 0.712. The predicted octanol–water partition coefficient (Wildman–Crippen LogP) is -1.82. The number of methoxy groups -OCH3 is 1. The monoisotopic (exact) mass is 238 g/mol. The molecule has 0 saturated carbocycles. The van der Waals surface area contributed by atoms with Gasteiger partial charge in [0.1, 0.15) is 0 Å². The van der Waals surface area contributed by atoms with Crippen LogP contribution in [0.3, 0.4) is 0 Å². The summed E-state index contributed by atoms with van der Waals surface area (Å²) in [6.07, 6.45) is 0. The molecule has 0 fully saturated rings. The SMILES string of the molecule is COc1ccccc1[N+]#N.O=S([O-])[O-].[Na+]. The van der Waals surface area contributed by atoms with E-state index in [0.29, 0.717) is 11.4 Å². The third kappa shape index (κ3) is 8.50. The van der Waals surface area contributed by atoms with Gasteiger partial charge in [0.05, 0.1) is 7.11 Å². The molecule has 0 radical (unpaired) electrons. The number of nitrogens with zero attached hydrogens (tertiary/aromatic N) is 2. The Morgan fingerprint density at radius 3 is 2.20 bits per heavy atom. The van der Waals surface area contributed by atoms with Crippen molar-refractivity contribution in [2.45, 2.75) is 0 Å². The van der Waals surface area contributed by atoms with E-state index in [9.17, 15) is 0 Å². The average Bonchev–Trinajstić information content (AvgIpc) is 2.17. The molecule has 0 spiro atoms. The Balaban J connectivity index is 0. The molecule has 0 bridgehead atoms. The molecular weight excluding hydrogens is 231 g/mol. The Bertz CT molecular complexity index is 351. The van der Waals surface area contributed by atoms with Gasteiger partial charge in [0, 0.05) is 6.07 Å². The Morgan fingerprint density at radius 1 is 1.40 bits per heavy atom. The van der Waals surface area contributed by atoms with Gasteiger partial charge in [0.2, 0.25) is 11.1 Å². The molecule has 1 rings (SSSR count). The van der Waals surface area contributed by atoms with E-state index in [4.69, 9.17) is 23.4 Å². The van der Waals surface area contributed by atoms with Crippen molar-refractivity contribution < 1.29 is 47.6 Å². The molecule has 76 valence electrons. The molecule has 1 aromatic rings. The molecule has 0 N–H and O–H groups in total. The minimum atomic E-state index is -3.11. The number of benzene rings is 1. The first kappa shape index (κ1) is 16.9. The molecule has 0 aromatic heterocycles. The van der Waals surface area contributed by atoms with Crippen molar-refractivity contribution in [3.8, 4) is 5.75 Å². The summed E-state index contributed by atoms with van der Waals surface area (Å²) < 4.78 is 30.2. The first-order valence-electron chi connectivity index (χ1n) is 3.36. The van der Waals surface area contributed by atoms with E-state index in [1.54, 1.807) is 18.2 Å². The van der Waals surface area contributed by atoms with Crippen LogP contribution in [-0.2, 0) is 11.4 Å². The van der Waals surface area contributed by atoms with Gasteiger partial charge in [-0.15, -0.1) is 11.4 Å². The van der Waals surface area contributed by atoms with Crippen molar-refractivity contribution in [2.24, 2.45) is 0 Å². The van der Waals surface area contributed by atoms with Gasteiger partial charge in [-0.05, 0) is 6.07 Å². The molecule has 0 aliphatic rings. The van der Waals surface area contributed by atoms with Crippen molar-refractivity contribution in [3.05, 3.63) is 29.2 Å². The molecule has 0 aliphatic carbocycles. The molecular formula is C7H7N2NaO4S. The summed E-state index contributed by atoms with van der Waals surface area (Å²) in [6, 6.07) is 6.99. The van der Waals surface area contributed by atoms with Gasteiger partial charge in [0.15, 0.2) is 4.98 Å². The minimum Gasteiger partial charge on any atom is -0.784 e. The van der Waals surface area contributed by atoms with Crippen molar-refractivity contribution >= 4 is 17.0 Å². The van der Waals surface area contributed by atoms with Gasteiger partial charge < -0.3 is 13.8 Å². The van der Waals surface area contributed by atoms with Gasteiger partial charge in [-0.25, -0.2) is 0 Å². The number of para-hydroxylation sites is 1. The van der Waals surface area contributed by atoms with Gasteiger partial charge in [0.25, 0.3) is 0 Å². The fourth-order valence-corrected chi connectivity index (χ4v) is 0.712. The smallest absolute Gasteiger partial charge is 0.784 e. The number of ether oxygens (including phenoxy) is 1. The van der Waals surface area contributed by atoms with Crippen LogP contribution in [0.1, 0.15) is 0 Å². The van der Waals surface area contributed by atoms with Crippen LogP contribution in [0.5, 0.6) is 5.75 Å². The van der Waals surface area contributed by atoms with Crippen LogP contribution in [0, 0.1) is 5.39 Å². The summed E-state index contributed by atoms with van der Waals surface area (Å²) in [5.41, 5.74) is 0.449. The zero-order chi connectivity index (χ0) is 11.0. The van der Waals surface area contributed by atoms with E-state index < -0.39 is 11.4 Å². The van der Waals surface area contributed by atoms with Crippen molar-refractivity contribution in [3.63, 3.8) is 0 Å². The maximum absolute atomic E-state index is 8.44. The van der Waals surface area contributed by atoms with Crippen LogP contribution in [0.4, 0.5) is 5.69 Å². The number of diazo groups is 1. The number of rotatable bonds is 1. The van der Waals surface area contributed by atoms with E-state index in [0.717, 1.165) is 0 Å². The Morgan fingerprint density at radius 2 is 1.87 bits per heavy atom. The third-order valence-electron chi connectivity index (χ3n) is 1.19. The Hall–Kier alpha value is -0.490. The first-order chi connectivity index (χ1) is 6.61. The quantitative estimate of drug-likeness (QED) is 0.326. The number of hydrogen-bond acceptors (Lipinski definition) is 5. The summed E-state index contributed by atoms with van der Waals surface area (Å²) in [6.45, 7) is 0. The maximum Gasteiger partial charge on any atom is 1.00 e. The molecule has 0 heterocycles. The first-order valence-corrected chi connectivity index (χ1v) is 4.36. The Kier molecular flexibility index (Phi) is 11.3. The van der Waals surface area contributed by atoms with Gasteiger partial charge in [-0.1, -0.05) is 12.1 Å². The zero-order valence-corrected chi connectivity index (χ0v) is 11.1. The molecule has 0 aliphatic heterocycles. The minimum absolute atomic E-state index is 0. The van der Waals surface area contributed by atoms with Crippen LogP contribution < -0.4 is 34.3 Å². The van der Waals surface area contributed by atoms with Gasteiger partial charge in [-0.2, -0.15) is 0 Å². The number of hydrogen-bond donors (Lipinski definition) is 0. The van der Waals surface area contributed by atoms with Crippen LogP contribution >= 0.6 is 0 Å². The van der Waals surface area contributed by atoms with E-state index in [1.807, 2.05) is 6.07 Å². The summed E-state index contributed by atoms with van der Waals surface area (Å²) in [4.78, 5) is 3.02. The summed E-state index contributed by atoms with van der Waals surface area (Å²) >= 11 is -3.11. The molecule has 0 saturated heterocycles. The summed E-state index contributed by atoms with van der Waals surface area (Å²) in [7, 11) is 1.53. The molecule has 0 amide bonds. The third-order valence-corrected chi connectivity index (χ3v) is 1.19. The van der Waals surface area contributed by atoms with Crippen LogP contribution in [0.15, 0.2) is 24.3 Å². The van der Waals surface area contributed by atoms with E-state index in [1.165, 1.54) is 7.11 Å².